The van der Waals surface area contributed by atoms with Crippen molar-refractivity contribution in [2.75, 3.05) is 12.8 Å². The van der Waals surface area contributed by atoms with Gasteiger partial charge >= 0.3 is 0 Å². The monoisotopic (exact) mass is 322 g/mol. The third-order valence-corrected chi connectivity index (χ3v) is 4.02. The smallest absolute Gasteiger partial charge is 0.253 e. The highest BCUT2D eigenvalue weighted by Crippen LogP contribution is 2.23. The Morgan fingerprint density at radius 2 is 1.86 bits per heavy atom. The first-order valence-electron chi connectivity index (χ1n) is 6.44. The second-order valence-electron chi connectivity index (χ2n) is 4.98. The van der Waals surface area contributed by atoms with Gasteiger partial charge in [0.25, 0.3) is 5.91 Å². The molecule has 2 N–H and O–H groups in total. The van der Waals surface area contributed by atoms with Crippen LogP contribution in [0.3, 0.4) is 0 Å². The summed E-state index contributed by atoms with van der Waals surface area (Å²) in [5, 5.41) is 0.982. The Labute approximate surface area is 134 Å². The summed E-state index contributed by atoms with van der Waals surface area (Å²) >= 11 is 11.9. The molecule has 0 saturated heterocycles. The van der Waals surface area contributed by atoms with Gasteiger partial charge in [-0.15, -0.1) is 0 Å². The lowest BCUT2D eigenvalue weighted by atomic mass is 10.1. The number of nitrogens with two attached hydrogens (primary N) is 1. The van der Waals surface area contributed by atoms with Crippen molar-refractivity contribution in [3.63, 3.8) is 0 Å². The van der Waals surface area contributed by atoms with Crippen LogP contribution in [0.4, 0.5) is 5.69 Å². The Kier molecular flexibility index (Phi) is 4.76. The van der Waals surface area contributed by atoms with E-state index in [1.807, 2.05) is 19.1 Å². The highest BCUT2D eigenvalue weighted by Gasteiger charge is 2.13. The van der Waals surface area contributed by atoms with Crippen LogP contribution < -0.4 is 5.73 Å². The van der Waals surface area contributed by atoms with Crippen LogP contribution in [0, 0.1) is 6.92 Å². The molecule has 3 nitrogen and oxygen atoms in total. The Hall–Kier alpha value is -1.71. The molecule has 0 heterocycles. The van der Waals surface area contributed by atoms with Gasteiger partial charge in [-0.3, -0.25) is 4.79 Å². The molecule has 1 amide bonds. The van der Waals surface area contributed by atoms with Gasteiger partial charge in [0.2, 0.25) is 0 Å². The number of hydrogen-bond acceptors (Lipinski definition) is 2. The number of carbonyl (C=O) groups is 1. The number of amides is 1. The number of nitrogen functional groups attached to an aromatic ring is 1. The molecule has 0 spiro atoms. The summed E-state index contributed by atoms with van der Waals surface area (Å²) in [6.07, 6.45) is 0. The molecule has 0 aliphatic heterocycles. The van der Waals surface area contributed by atoms with E-state index in [1.165, 1.54) is 0 Å². The zero-order chi connectivity index (χ0) is 15.6. The summed E-state index contributed by atoms with van der Waals surface area (Å²) in [5.41, 5.74) is 8.90. The fraction of sp³-hybridized carbons (Fsp3) is 0.188. The van der Waals surface area contributed by atoms with E-state index in [1.54, 1.807) is 36.2 Å². The third-order valence-electron chi connectivity index (χ3n) is 3.28. The van der Waals surface area contributed by atoms with Crippen LogP contribution in [0.2, 0.25) is 10.0 Å². The van der Waals surface area contributed by atoms with Crippen molar-refractivity contribution >= 4 is 34.8 Å². The zero-order valence-corrected chi connectivity index (χ0v) is 13.4. The quantitative estimate of drug-likeness (QED) is 0.862. The van der Waals surface area contributed by atoms with Crippen LogP contribution in [0.1, 0.15) is 21.5 Å². The second kappa shape index (κ2) is 6.37. The van der Waals surface area contributed by atoms with Crippen LogP contribution in [0.15, 0.2) is 36.4 Å². The first kappa shape index (κ1) is 15.7. The van der Waals surface area contributed by atoms with E-state index in [4.69, 9.17) is 28.9 Å². The SMILES string of the molecule is Cc1ccc(C(=O)N(C)Cc2ccc(Cl)c(Cl)c2)cc1N. The molecule has 0 unspecified atom stereocenters. The van der Waals surface area contributed by atoms with Gasteiger partial charge in [0.1, 0.15) is 0 Å². The second-order valence-corrected chi connectivity index (χ2v) is 5.80. The molecular weight excluding hydrogens is 307 g/mol. The predicted molar refractivity (Wildman–Crippen MR) is 87.9 cm³/mol. The minimum absolute atomic E-state index is 0.0900. The number of benzene rings is 2. The van der Waals surface area contributed by atoms with Crippen molar-refractivity contribution in [3.05, 3.63) is 63.1 Å². The van der Waals surface area contributed by atoms with Crippen molar-refractivity contribution in [1.82, 2.24) is 4.90 Å². The molecule has 2 aromatic rings. The molecule has 0 fully saturated rings. The van der Waals surface area contributed by atoms with Crippen LogP contribution in [-0.2, 0) is 6.54 Å². The zero-order valence-electron chi connectivity index (χ0n) is 11.9. The highest BCUT2D eigenvalue weighted by atomic mass is 35.5. The molecule has 0 bridgehead atoms. The number of hydrogen-bond donors (Lipinski definition) is 1. The van der Waals surface area contributed by atoms with Crippen molar-refractivity contribution < 1.29 is 4.79 Å². The van der Waals surface area contributed by atoms with Crippen LogP contribution >= 0.6 is 23.2 Å². The van der Waals surface area contributed by atoms with Crippen molar-refractivity contribution in [1.29, 1.82) is 0 Å². The summed E-state index contributed by atoms with van der Waals surface area (Å²) in [7, 11) is 1.74. The number of carbonyl (C=O) groups excluding carboxylic acids is 1. The molecule has 110 valence electrons. The summed E-state index contributed by atoms with van der Waals surface area (Å²) in [4.78, 5) is 14.0. The topological polar surface area (TPSA) is 46.3 Å². The number of nitrogens with zero attached hydrogens (tertiary/aromatic N) is 1. The van der Waals surface area contributed by atoms with Crippen LogP contribution in [-0.4, -0.2) is 17.9 Å². The highest BCUT2D eigenvalue weighted by molar-refractivity contribution is 6.42. The molecule has 2 aromatic carbocycles. The Bertz CT molecular complexity index is 686. The normalized spacial score (nSPS) is 10.5. The maximum atomic E-state index is 12.4. The fourth-order valence-corrected chi connectivity index (χ4v) is 2.30. The van der Waals surface area contributed by atoms with Crippen molar-refractivity contribution in [3.8, 4) is 0 Å². The molecule has 2 rings (SSSR count). The Morgan fingerprint density at radius 3 is 2.48 bits per heavy atom. The van der Waals surface area contributed by atoms with Crippen LogP contribution in [0.5, 0.6) is 0 Å². The average molecular weight is 323 g/mol. The Morgan fingerprint density at radius 1 is 1.14 bits per heavy atom. The van der Waals surface area contributed by atoms with Gasteiger partial charge in [-0.2, -0.15) is 0 Å². The van der Waals surface area contributed by atoms with Crippen LogP contribution in [0.25, 0.3) is 0 Å². The van der Waals surface area contributed by atoms with Gasteiger partial charge < -0.3 is 10.6 Å². The molecular formula is C16H16Cl2N2O. The summed E-state index contributed by atoms with van der Waals surface area (Å²) < 4.78 is 0. The summed E-state index contributed by atoms with van der Waals surface area (Å²) in [6, 6.07) is 10.7. The van der Waals surface area contributed by atoms with Gasteiger partial charge in [0.05, 0.1) is 10.0 Å². The summed E-state index contributed by atoms with van der Waals surface area (Å²) in [5.74, 6) is -0.0900. The van der Waals surface area contributed by atoms with Gasteiger partial charge in [0, 0.05) is 24.8 Å². The van der Waals surface area contributed by atoms with Gasteiger partial charge in [0.15, 0.2) is 0 Å². The maximum Gasteiger partial charge on any atom is 0.253 e. The average Bonchev–Trinajstić information content (AvgIpc) is 2.45. The lowest BCUT2D eigenvalue weighted by Gasteiger charge is -2.18. The minimum atomic E-state index is -0.0900. The predicted octanol–water partition coefficient (Wildman–Crippen LogP) is 4.16. The van der Waals surface area contributed by atoms with Gasteiger partial charge in [-0.05, 0) is 42.3 Å². The van der Waals surface area contributed by atoms with E-state index in [9.17, 15) is 4.79 Å². The Balaban J connectivity index is 2.15. The molecule has 0 aliphatic rings. The lowest BCUT2D eigenvalue weighted by molar-refractivity contribution is 0.0785. The number of halogens is 2. The first-order valence-corrected chi connectivity index (χ1v) is 7.19. The molecule has 0 aliphatic carbocycles. The van der Waals surface area contributed by atoms with E-state index in [0.717, 1.165) is 11.1 Å². The molecule has 0 atom stereocenters. The van der Waals surface area contributed by atoms with E-state index in [0.29, 0.717) is 27.8 Å². The standard InChI is InChI=1S/C16H16Cl2N2O/c1-10-3-5-12(8-15(10)19)16(21)20(2)9-11-4-6-13(17)14(18)7-11/h3-8H,9,19H2,1-2H3. The third kappa shape index (κ3) is 3.69. The molecule has 21 heavy (non-hydrogen) atoms. The van der Waals surface area contributed by atoms with E-state index < -0.39 is 0 Å². The maximum absolute atomic E-state index is 12.4. The number of aryl methyl sites for hydroxylation is 1. The fourth-order valence-electron chi connectivity index (χ4n) is 1.98. The molecule has 0 saturated carbocycles. The number of anilines is 1. The van der Waals surface area contributed by atoms with Crippen molar-refractivity contribution in [2.45, 2.75) is 13.5 Å². The largest absolute Gasteiger partial charge is 0.398 e. The van der Waals surface area contributed by atoms with Gasteiger partial charge in [-0.25, -0.2) is 0 Å². The van der Waals surface area contributed by atoms with E-state index >= 15 is 0 Å². The van der Waals surface area contributed by atoms with E-state index in [-0.39, 0.29) is 5.91 Å². The molecule has 0 aromatic heterocycles. The van der Waals surface area contributed by atoms with Gasteiger partial charge in [-0.1, -0.05) is 35.3 Å². The van der Waals surface area contributed by atoms with Crippen molar-refractivity contribution in [2.24, 2.45) is 0 Å². The number of rotatable bonds is 3. The first-order chi connectivity index (χ1) is 9.88. The minimum Gasteiger partial charge on any atom is -0.398 e. The molecule has 5 heteroatoms. The van der Waals surface area contributed by atoms with E-state index in [2.05, 4.69) is 0 Å². The lowest BCUT2D eigenvalue weighted by Crippen LogP contribution is -2.26. The summed E-state index contributed by atoms with van der Waals surface area (Å²) in [6.45, 7) is 2.35. The molecule has 0 radical (unpaired) electrons.